The summed E-state index contributed by atoms with van der Waals surface area (Å²) in [6.45, 7) is 2.38. The average Bonchev–Trinajstić information content (AvgIpc) is 2.47. The lowest BCUT2D eigenvalue weighted by atomic mass is 10.1. The number of carbonyl (C=O) groups excluding carboxylic acids is 1. The predicted octanol–water partition coefficient (Wildman–Crippen LogP) is 3.13. The van der Waals surface area contributed by atoms with Gasteiger partial charge in [0.05, 0.1) is 0 Å². The van der Waals surface area contributed by atoms with E-state index >= 15 is 0 Å². The predicted molar refractivity (Wildman–Crippen MR) is 76.3 cm³/mol. The van der Waals surface area contributed by atoms with Gasteiger partial charge in [0.2, 0.25) is 0 Å². The minimum absolute atomic E-state index is 0.224. The molecule has 0 atom stereocenters. The van der Waals surface area contributed by atoms with Crippen LogP contribution in [0.2, 0.25) is 0 Å². The lowest BCUT2D eigenvalue weighted by Crippen LogP contribution is -2.23. The van der Waals surface area contributed by atoms with Gasteiger partial charge >= 0.3 is 6.09 Å². The smallest absolute Gasteiger partial charge is 0.407 e. The van der Waals surface area contributed by atoms with Gasteiger partial charge in [-0.1, -0.05) is 42.5 Å². The first-order valence-corrected chi connectivity index (χ1v) is 6.38. The Hall–Kier alpha value is -2.49. The minimum atomic E-state index is -0.478. The summed E-state index contributed by atoms with van der Waals surface area (Å²) in [5.74, 6) is 0.224. The molecule has 0 aromatic heterocycles. The van der Waals surface area contributed by atoms with E-state index in [4.69, 9.17) is 4.74 Å². The highest BCUT2D eigenvalue weighted by atomic mass is 16.5. The summed E-state index contributed by atoms with van der Waals surface area (Å²) in [5, 5.41) is 12.2. The maximum atomic E-state index is 11.5. The second-order valence-electron chi connectivity index (χ2n) is 4.54. The van der Waals surface area contributed by atoms with Crippen LogP contribution in [-0.4, -0.2) is 11.2 Å². The number of carbonyl (C=O) groups is 1. The third kappa shape index (κ3) is 4.02. The molecule has 0 saturated carbocycles. The van der Waals surface area contributed by atoms with Crippen molar-refractivity contribution >= 4 is 6.09 Å². The highest BCUT2D eigenvalue weighted by Gasteiger charge is 2.04. The fraction of sp³-hybridized carbons (Fsp3) is 0.188. The second-order valence-corrected chi connectivity index (χ2v) is 4.54. The molecule has 20 heavy (non-hydrogen) atoms. The van der Waals surface area contributed by atoms with Crippen LogP contribution in [0.15, 0.2) is 48.5 Å². The van der Waals surface area contributed by atoms with Crippen molar-refractivity contribution in [1.29, 1.82) is 0 Å². The van der Waals surface area contributed by atoms with Gasteiger partial charge in [-0.2, -0.15) is 0 Å². The van der Waals surface area contributed by atoms with Crippen LogP contribution in [0.3, 0.4) is 0 Å². The molecule has 2 rings (SSSR count). The van der Waals surface area contributed by atoms with Crippen molar-refractivity contribution in [2.45, 2.75) is 20.1 Å². The van der Waals surface area contributed by atoms with Gasteiger partial charge in [0.1, 0.15) is 12.4 Å². The Bertz CT molecular complexity index is 582. The summed E-state index contributed by atoms with van der Waals surface area (Å²) in [6, 6.07) is 14.8. The molecule has 0 fully saturated rings. The molecule has 0 aliphatic heterocycles. The van der Waals surface area contributed by atoms with Gasteiger partial charge in [-0.3, -0.25) is 0 Å². The molecule has 0 saturated heterocycles. The van der Waals surface area contributed by atoms with E-state index in [2.05, 4.69) is 5.32 Å². The molecule has 0 spiro atoms. The number of alkyl carbamates (subject to hydrolysis) is 1. The number of aromatic hydroxyl groups is 1. The number of ether oxygens (including phenoxy) is 1. The topological polar surface area (TPSA) is 58.6 Å². The molecule has 2 N–H and O–H groups in total. The van der Waals surface area contributed by atoms with Gasteiger partial charge in [0, 0.05) is 6.54 Å². The first kappa shape index (κ1) is 13.9. The van der Waals surface area contributed by atoms with Crippen LogP contribution in [0.1, 0.15) is 16.7 Å². The molecule has 0 bridgehead atoms. The number of phenols is 1. The summed E-state index contributed by atoms with van der Waals surface area (Å²) >= 11 is 0. The van der Waals surface area contributed by atoms with Crippen molar-refractivity contribution in [3.05, 3.63) is 65.2 Å². The molecule has 1 amide bonds. The molecule has 0 aliphatic rings. The number of nitrogens with one attached hydrogen (secondary N) is 1. The fourth-order valence-corrected chi connectivity index (χ4v) is 1.71. The van der Waals surface area contributed by atoms with Gasteiger partial charge in [-0.15, -0.1) is 0 Å². The first-order chi connectivity index (χ1) is 9.65. The van der Waals surface area contributed by atoms with Crippen LogP contribution in [0, 0.1) is 6.92 Å². The highest BCUT2D eigenvalue weighted by Crippen LogP contribution is 2.17. The zero-order valence-corrected chi connectivity index (χ0v) is 11.3. The number of hydrogen-bond acceptors (Lipinski definition) is 3. The zero-order valence-electron chi connectivity index (χ0n) is 11.3. The van der Waals surface area contributed by atoms with Crippen molar-refractivity contribution in [1.82, 2.24) is 5.32 Å². The molecular formula is C16H17NO3. The maximum Gasteiger partial charge on any atom is 0.407 e. The zero-order chi connectivity index (χ0) is 14.4. The largest absolute Gasteiger partial charge is 0.508 e. The van der Waals surface area contributed by atoms with Crippen molar-refractivity contribution in [3.8, 4) is 5.75 Å². The number of hydrogen-bond donors (Lipinski definition) is 2. The number of phenolic OH excluding ortho intramolecular Hbond substituents is 1. The van der Waals surface area contributed by atoms with E-state index < -0.39 is 6.09 Å². The minimum Gasteiger partial charge on any atom is -0.508 e. The molecular weight excluding hydrogens is 254 g/mol. The number of amides is 1. The third-order valence-electron chi connectivity index (χ3n) is 2.92. The van der Waals surface area contributed by atoms with E-state index in [9.17, 15) is 9.90 Å². The first-order valence-electron chi connectivity index (χ1n) is 6.38. The number of aryl methyl sites for hydroxylation is 1. The van der Waals surface area contributed by atoms with Crippen LogP contribution in [0.25, 0.3) is 0 Å². The summed E-state index contributed by atoms with van der Waals surface area (Å²) in [5.41, 5.74) is 2.57. The Labute approximate surface area is 118 Å². The monoisotopic (exact) mass is 271 g/mol. The van der Waals surface area contributed by atoms with Crippen molar-refractivity contribution in [3.63, 3.8) is 0 Å². The Kier molecular flexibility index (Phi) is 4.60. The molecule has 0 radical (unpaired) electrons. The Balaban J connectivity index is 1.79. The van der Waals surface area contributed by atoms with Crippen LogP contribution >= 0.6 is 0 Å². The van der Waals surface area contributed by atoms with E-state index in [-0.39, 0.29) is 12.4 Å². The normalized spacial score (nSPS) is 10.1. The van der Waals surface area contributed by atoms with Gasteiger partial charge in [-0.05, 0) is 29.7 Å². The fourth-order valence-electron chi connectivity index (χ4n) is 1.71. The molecule has 0 aliphatic carbocycles. The maximum absolute atomic E-state index is 11.5. The van der Waals surface area contributed by atoms with Gasteiger partial charge in [-0.25, -0.2) is 4.79 Å². The second kappa shape index (κ2) is 6.61. The standard InChI is InChI=1S/C16H17NO3/c1-12-7-8-14(9-15(12)18)10-17-16(19)20-11-13-5-3-2-4-6-13/h2-9,18H,10-11H2,1H3,(H,17,19). The van der Waals surface area contributed by atoms with Crippen molar-refractivity contribution in [2.75, 3.05) is 0 Å². The van der Waals surface area contributed by atoms with Crippen molar-refractivity contribution < 1.29 is 14.6 Å². The third-order valence-corrected chi connectivity index (χ3v) is 2.92. The SMILES string of the molecule is Cc1ccc(CNC(=O)OCc2ccccc2)cc1O. The quantitative estimate of drug-likeness (QED) is 0.898. The summed E-state index contributed by atoms with van der Waals surface area (Å²) in [6.07, 6.45) is -0.478. The van der Waals surface area contributed by atoms with E-state index in [1.54, 1.807) is 6.07 Å². The average molecular weight is 271 g/mol. The van der Waals surface area contributed by atoms with Crippen LogP contribution in [0.5, 0.6) is 5.75 Å². The molecule has 104 valence electrons. The summed E-state index contributed by atoms with van der Waals surface area (Å²) in [4.78, 5) is 11.5. The van der Waals surface area contributed by atoms with Crippen LogP contribution < -0.4 is 5.32 Å². The molecule has 2 aromatic rings. The van der Waals surface area contributed by atoms with Crippen molar-refractivity contribution in [2.24, 2.45) is 0 Å². The summed E-state index contributed by atoms with van der Waals surface area (Å²) < 4.78 is 5.09. The van der Waals surface area contributed by atoms with Crippen LogP contribution in [0.4, 0.5) is 4.79 Å². The lowest BCUT2D eigenvalue weighted by molar-refractivity contribution is 0.139. The molecule has 2 aromatic carbocycles. The van der Waals surface area contributed by atoms with E-state index in [0.717, 1.165) is 16.7 Å². The van der Waals surface area contributed by atoms with Crippen LogP contribution in [-0.2, 0) is 17.9 Å². The Morgan fingerprint density at radius 2 is 1.90 bits per heavy atom. The molecule has 0 heterocycles. The Morgan fingerprint density at radius 3 is 2.60 bits per heavy atom. The Morgan fingerprint density at radius 1 is 1.15 bits per heavy atom. The molecule has 0 unspecified atom stereocenters. The van der Waals surface area contributed by atoms with Gasteiger partial charge in [0.15, 0.2) is 0 Å². The van der Waals surface area contributed by atoms with E-state index in [1.165, 1.54) is 0 Å². The number of benzene rings is 2. The van der Waals surface area contributed by atoms with Gasteiger partial charge in [0.25, 0.3) is 0 Å². The number of rotatable bonds is 4. The highest BCUT2D eigenvalue weighted by molar-refractivity contribution is 5.67. The molecule has 4 heteroatoms. The van der Waals surface area contributed by atoms with Gasteiger partial charge < -0.3 is 15.2 Å². The lowest BCUT2D eigenvalue weighted by Gasteiger charge is -2.08. The van der Waals surface area contributed by atoms with E-state index in [0.29, 0.717) is 6.54 Å². The molecule has 4 nitrogen and oxygen atoms in total. The summed E-state index contributed by atoms with van der Waals surface area (Å²) in [7, 11) is 0. The van der Waals surface area contributed by atoms with E-state index in [1.807, 2.05) is 49.4 Å².